The summed E-state index contributed by atoms with van der Waals surface area (Å²) >= 11 is 0. The molecule has 2 unspecified atom stereocenters. The van der Waals surface area contributed by atoms with Crippen LogP contribution in [-0.4, -0.2) is 19.3 Å². The third-order valence-corrected chi connectivity index (χ3v) is 3.69. The molecule has 2 aliphatic rings. The smallest absolute Gasteiger partial charge is 0.0618 e. The standard InChI is InChI=1S/C11H21NO/c12-8-10-5-6-13-11(10)7-9-3-1-2-4-9/h9-11H,1-8,12H2. The maximum atomic E-state index is 5.74. The molecule has 76 valence electrons. The summed E-state index contributed by atoms with van der Waals surface area (Å²) < 4.78 is 5.74. The van der Waals surface area contributed by atoms with Crippen molar-refractivity contribution in [3.8, 4) is 0 Å². The van der Waals surface area contributed by atoms with Crippen LogP contribution in [0.1, 0.15) is 38.5 Å². The van der Waals surface area contributed by atoms with E-state index in [2.05, 4.69) is 0 Å². The minimum absolute atomic E-state index is 0.494. The van der Waals surface area contributed by atoms with Crippen LogP contribution in [0.15, 0.2) is 0 Å². The lowest BCUT2D eigenvalue weighted by molar-refractivity contribution is 0.0713. The van der Waals surface area contributed by atoms with Gasteiger partial charge in [-0.3, -0.25) is 0 Å². The highest BCUT2D eigenvalue weighted by Crippen LogP contribution is 2.33. The number of rotatable bonds is 3. The van der Waals surface area contributed by atoms with E-state index in [0.717, 1.165) is 19.1 Å². The molecular weight excluding hydrogens is 162 g/mol. The molecule has 2 atom stereocenters. The summed E-state index contributed by atoms with van der Waals surface area (Å²) in [5.41, 5.74) is 5.72. The Bertz CT molecular complexity index is 154. The molecule has 2 heteroatoms. The maximum absolute atomic E-state index is 5.74. The Morgan fingerprint density at radius 1 is 1.15 bits per heavy atom. The van der Waals surface area contributed by atoms with Gasteiger partial charge in [-0.1, -0.05) is 25.7 Å². The highest BCUT2D eigenvalue weighted by molar-refractivity contribution is 4.81. The second-order valence-electron chi connectivity index (χ2n) is 4.58. The second-order valence-corrected chi connectivity index (χ2v) is 4.58. The van der Waals surface area contributed by atoms with Crippen LogP contribution in [0.3, 0.4) is 0 Å². The molecule has 2 N–H and O–H groups in total. The van der Waals surface area contributed by atoms with Crippen LogP contribution in [0.4, 0.5) is 0 Å². The molecule has 2 fully saturated rings. The van der Waals surface area contributed by atoms with Crippen LogP contribution in [0.2, 0.25) is 0 Å². The van der Waals surface area contributed by atoms with E-state index in [-0.39, 0.29) is 0 Å². The molecule has 1 saturated carbocycles. The van der Waals surface area contributed by atoms with Crippen molar-refractivity contribution in [1.82, 2.24) is 0 Å². The minimum atomic E-state index is 0.494. The Morgan fingerprint density at radius 3 is 2.62 bits per heavy atom. The molecular formula is C11H21NO. The molecule has 0 amide bonds. The van der Waals surface area contributed by atoms with Crippen molar-refractivity contribution in [2.45, 2.75) is 44.6 Å². The van der Waals surface area contributed by atoms with Crippen molar-refractivity contribution >= 4 is 0 Å². The molecule has 0 aromatic heterocycles. The molecule has 0 bridgehead atoms. The maximum Gasteiger partial charge on any atom is 0.0618 e. The molecule has 2 rings (SSSR count). The van der Waals surface area contributed by atoms with Gasteiger partial charge in [-0.05, 0) is 31.2 Å². The van der Waals surface area contributed by atoms with Crippen molar-refractivity contribution in [3.05, 3.63) is 0 Å². The van der Waals surface area contributed by atoms with E-state index in [1.54, 1.807) is 0 Å². The Labute approximate surface area is 80.8 Å². The largest absolute Gasteiger partial charge is 0.378 e. The monoisotopic (exact) mass is 183 g/mol. The number of nitrogens with two attached hydrogens (primary N) is 1. The molecule has 0 aromatic rings. The third kappa shape index (κ3) is 2.23. The van der Waals surface area contributed by atoms with Gasteiger partial charge in [0.15, 0.2) is 0 Å². The molecule has 1 saturated heterocycles. The molecule has 13 heavy (non-hydrogen) atoms. The summed E-state index contributed by atoms with van der Waals surface area (Å²) in [6.45, 7) is 1.76. The van der Waals surface area contributed by atoms with Gasteiger partial charge in [-0.15, -0.1) is 0 Å². The van der Waals surface area contributed by atoms with E-state index in [4.69, 9.17) is 10.5 Å². The van der Waals surface area contributed by atoms with E-state index < -0.39 is 0 Å². The van der Waals surface area contributed by atoms with Gasteiger partial charge in [0.1, 0.15) is 0 Å². The van der Waals surface area contributed by atoms with Gasteiger partial charge in [0.2, 0.25) is 0 Å². The van der Waals surface area contributed by atoms with Crippen LogP contribution in [-0.2, 0) is 4.74 Å². The van der Waals surface area contributed by atoms with E-state index in [0.29, 0.717) is 12.0 Å². The van der Waals surface area contributed by atoms with Gasteiger partial charge in [0.05, 0.1) is 6.10 Å². The van der Waals surface area contributed by atoms with Crippen LogP contribution < -0.4 is 5.73 Å². The number of hydrogen-bond donors (Lipinski definition) is 1. The molecule has 0 aromatic carbocycles. The molecule has 0 radical (unpaired) electrons. The first kappa shape index (κ1) is 9.47. The Kier molecular flexibility index (Phi) is 3.23. The molecule has 0 spiro atoms. The second kappa shape index (κ2) is 4.43. The van der Waals surface area contributed by atoms with Gasteiger partial charge in [-0.2, -0.15) is 0 Å². The van der Waals surface area contributed by atoms with E-state index in [1.807, 2.05) is 0 Å². The Hall–Kier alpha value is -0.0800. The highest BCUT2D eigenvalue weighted by atomic mass is 16.5. The summed E-state index contributed by atoms with van der Waals surface area (Å²) in [4.78, 5) is 0. The van der Waals surface area contributed by atoms with Crippen LogP contribution in [0.5, 0.6) is 0 Å². The first-order valence-electron chi connectivity index (χ1n) is 5.72. The average molecular weight is 183 g/mol. The summed E-state index contributed by atoms with van der Waals surface area (Å²) in [6.07, 6.45) is 8.69. The van der Waals surface area contributed by atoms with Crippen LogP contribution >= 0.6 is 0 Å². The zero-order valence-electron chi connectivity index (χ0n) is 8.37. The van der Waals surface area contributed by atoms with Gasteiger partial charge in [-0.25, -0.2) is 0 Å². The zero-order chi connectivity index (χ0) is 9.10. The summed E-state index contributed by atoms with van der Waals surface area (Å²) in [5.74, 6) is 1.60. The van der Waals surface area contributed by atoms with E-state index in [1.165, 1.54) is 38.5 Å². The van der Waals surface area contributed by atoms with E-state index >= 15 is 0 Å². The molecule has 2 nitrogen and oxygen atoms in total. The lowest BCUT2D eigenvalue weighted by atomic mass is 9.92. The van der Waals surface area contributed by atoms with Crippen molar-refractivity contribution in [2.24, 2.45) is 17.6 Å². The van der Waals surface area contributed by atoms with Crippen molar-refractivity contribution in [1.29, 1.82) is 0 Å². The van der Waals surface area contributed by atoms with Crippen molar-refractivity contribution < 1.29 is 4.74 Å². The van der Waals surface area contributed by atoms with Gasteiger partial charge in [0, 0.05) is 6.61 Å². The third-order valence-electron chi connectivity index (χ3n) is 3.69. The summed E-state index contributed by atoms with van der Waals surface area (Å²) in [6, 6.07) is 0. The Morgan fingerprint density at radius 2 is 1.92 bits per heavy atom. The van der Waals surface area contributed by atoms with E-state index in [9.17, 15) is 0 Å². The van der Waals surface area contributed by atoms with Crippen molar-refractivity contribution in [2.75, 3.05) is 13.2 Å². The van der Waals surface area contributed by atoms with Crippen molar-refractivity contribution in [3.63, 3.8) is 0 Å². The first-order chi connectivity index (χ1) is 6.40. The number of ether oxygens (including phenoxy) is 1. The van der Waals surface area contributed by atoms with Gasteiger partial charge < -0.3 is 10.5 Å². The molecule has 1 aliphatic heterocycles. The SMILES string of the molecule is NCC1CCOC1CC1CCCC1. The van der Waals surface area contributed by atoms with Crippen LogP contribution in [0.25, 0.3) is 0 Å². The summed E-state index contributed by atoms with van der Waals surface area (Å²) in [7, 11) is 0. The normalized spacial score (nSPS) is 35.8. The number of hydrogen-bond acceptors (Lipinski definition) is 2. The Balaban J connectivity index is 1.79. The van der Waals surface area contributed by atoms with Gasteiger partial charge in [0.25, 0.3) is 0 Å². The van der Waals surface area contributed by atoms with Crippen LogP contribution in [0, 0.1) is 11.8 Å². The topological polar surface area (TPSA) is 35.2 Å². The predicted octanol–water partition coefficient (Wildman–Crippen LogP) is 1.93. The minimum Gasteiger partial charge on any atom is -0.378 e. The fraction of sp³-hybridized carbons (Fsp3) is 1.00. The molecule has 1 heterocycles. The first-order valence-corrected chi connectivity index (χ1v) is 5.72. The zero-order valence-corrected chi connectivity index (χ0v) is 8.37. The highest BCUT2D eigenvalue weighted by Gasteiger charge is 2.30. The summed E-state index contributed by atoms with van der Waals surface area (Å²) in [5, 5.41) is 0. The molecule has 1 aliphatic carbocycles. The fourth-order valence-corrected chi connectivity index (χ4v) is 2.80. The fourth-order valence-electron chi connectivity index (χ4n) is 2.80. The predicted molar refractivity (Wildman–Crippen MR) is 53.5 cm³/mol. The van der Waals surface area contributed by atoms with Gasteiger partial charge >= 0.3 is 0 Å². The average Bonchev–Trinajstić information content (AvgIpc) is 2.76. The quantitative estimate of drug-likeness (QED) is 0.725. The lowest BCUT2D eigenvalue weighted by Gasteiger charge is -2.20. The lowest BCUT2D eigenvalue weighted by Crippen LogP contribution is -2.25.